The molecule has 34 heavy (non-hydrogen) atoms. The van der Waals surface area contributed by atoms with Gasteiger partial charge in [0.1, 0.15) is 5.69 Å². The number of hydrogen-bond acceptors (Lipinski definition) is 5. The Kier molecular flexibility index (Phi) is 9.29. The van der Waals surface area contributed by atoms with Gasteiger partial charge >= 0.3 is 0 Å². The minimum atomic E-state index is -0.373. The van der Waals surface area contributed by atoms with E-state index in [1.54, 1.807) is 30.3 Å². The van der Waals surface area contributed by atoms with Crippen LogP contribution in [0.1, 0.15) is 52.7 Å². The number of nitrogens with zero attached hydrogens (tertiary/aromatic N) is 3. The summed E-state index contributed by atoms with van der Waals surface area (Å²) in [5, 5.41) is 5.79. The van der Waals surface area contributed by atoms with E-state index in [9.17, 15) is 9.59 Å². The first-order valence-corrected chi connectivity index (χ1v) is 11.7. The van der Waals surface area contributed by atoms with E-state index in [4.69, 9.17) is 4.98 Å². The Bertz CT molecular complexity index is 1100. The summed E-state index contributed by atoms with van der Waals surface area (Å²) < 4.78 is 0. The first-order chi connectivity index (χ1) is 16.5. The molecule has 2 aromatic carbocycles. The highest BCUT2D eigenvalue weighted by atomic mass is 16.2. The van der Waals surface area contributed by atoms with Crippen LogP contribution in [0.15, 0.2) is 60.7 Å². The number of carbonyl (C=O) groups is 2. The van der Waals surface area contributed by atoms with Crippen molar-refractivity contribution < 1.29 is 9.59 Å². The van der Waals surface area contributed by atoms with Crippen molar-refractivity contribution in [2.75, 3.05) is 32.5 Å². The number of benzene rings is 2. The van der Waals surface area contributed by atoms with Crippen LogP contribution in [0, 0.1) is 0 Å². The molecule has 1 heterocycles. The Morgan fingerprint density at radius 3 is 2.38 bits per heavy atom. The Balaban J connectivity index is 1.86. The molecule has 0 bridgehead atoms. The molecule has 2 N–H and O–H groups in total. The summed E-state index contributed by atoms with van der Waals surface area (Å²) in [6.07, 6.45) is 3.55. The molecule has 178 valence electrons. The molecule has 7 nitrogen and oxygen atoms in total. The second kappa shape index (κ2) is 12.6. The van der Waals surface area contributed by atoms with E-state index < -0.39 is 0 Å². The van der Waals surface area contributed by atoms with Crippen LogP contribution in [-0.4, -0.2) is 53.9 Å². The van der Waals surface area contributed by atoms with Crippen LogP contribution in [0.3, 0.4) is 0 Å². The molecule has 0 aliphatic carbocycles. The van der Waals surface area contributed by atoms with Gasteiger partial charge in [0, 0.05) is 17.8 Å². The lowest BCUT2D eigenvalue weighted by Crippen LogP contribution is -2.26. The van der Waals surface area contributed by atoms with Gasteiger partial charge < -0.3 is 15.5 Å². The summed E-state index contributed by atoms with van der Waals surface area (Å²) >= 11 is 0. The molecule has 3 rings (SSSR count). The maximum Gasteiger partial charge on any atom is 0.274 e. The minimum Gasteiger partial charge on any atom is -0.352 e. The van der Waals surface area contributed by atoms with Gasteiger partial charge in [0.15, 0.2) is 5.82 Å². The monoisotopic (exact) mass is 459 g/mol. The number of anilines is 1. The average Bonchev–Trinajstić information content (AvgIpc) is 2.84. The van der Waals surface area contributed by atoms with Crippen molar-refractivity contribution in [2.45, 2.75) is 32.6 Å². The Morgan fingerprint density at radius 1 is 0.912 bits per heavy atom. The zero-order valence-electron chi connectivity index (χ0n) is 20.2. The number of amides is 2. The van der Waals surface area contributed by atoms with Crippen LogP contribution in [0.5, 0.6) is 0 Å². The minimum absolute atomic E-state index is 0.207. The van der Waals surface area contributed by atoms with Crippen molar-refractivity contribution in [3.05, 3.63) is 77.6 Å². The van der Waals surface area contributed by atoms with E-state index in [1.165, 1.54) is 0 Å². The number of carbonyl (C=O) groups excluding carboxylic acids is 2. The number of hydrogen-bond donors (Lipinski definition) is 2. The van der Waals surface area contributed by atoms with Crippen LogP contribution < -0.4 is 10.6 Å². The summed E-state index contributed by atoms with van der Waals surface area (Å²) in [4.78, 5) is 37.2. The maximum absolute atomic E-state index is 13.2. The number of para-hydroxylation sites is 1. The third kappa shape index (κ3) is 7.22. The number of aryl methyl sites for hydroxylation is 1. The SMILES string of the molecule is CCCCNC(=O)c1ccccc1NC(=O)c1cc(CCCN(C)C)nc(-c2ccccc2)n1. The van der Waals surface area contributed by atoms with Gasteiger partial charge in [0.05, 0.1) is 11.3 Å². The molecule has 2 amide bonds. The van der Waals surface area contributed by atoms with Crippen molar-refractivity contribution in [3.63, 3.8) is 0 Å². The molecular weight excluding hydrogens is 426 g/mol. The summed E-state index contributed by atoms with van der Waals surface area (Å²) in [5.74, 6) is -0.0673. The topological polar surface area (TPSA) is 87.2 Å². The van der Waals surface area contributed by atoms with E-state index in [0.29, 0.717) is 23.6 Å². The fraction of sp³-hybridized carbons (Fsp3) is 0.333. The fourth-order valence-corrected chi connectivity index (χ4v) is 3.48. The van der Waals surface area contributed by atoms with Crippen LogP contribution in [-0.2, 0) is 6.42 Å². The van der Waals surface area contributed by atoms with Crippen molar-refractivity contribution in [1.29, 1.82) is 0 Å². The molecule has 0 fully saturated rings. The van der Waals surface area contributed by atoms with Gasteiger partial charge in [-0.15, -0.1) is 0 Å². The largest absolute Gasteiger partial charge is 0.352 e. The van der Waals surface area contributed by atoms with Crippen molar-refractivity contribution in [1.82, 2.24) is 20.2 Å². The molecule has 7 heteroatoms. The molecular formula is C27H33N5O2. The molecule has 1 aromatic heterocycles. The van der Waals surface area contributed by atoms with E-state index in [1.807, 2.05) is 44.4 Å². The number of aromatic nitrogens is 2. The highest BCUT2D eigenvalue weighted by Gasteiger charge is 2.17. The predicted octanol–water partition coefficient (Wildman–Crippen LogP) is 4.42. The molecule has 0 aliphatic rings. The van der Waals surface area contributed by atoms with E-state index in [0.717, 1.165) is 43.5 Å². The smallest absolute Gasteiger partial charge is 0.274 e. The Hall–Kier alpha value is -3.58. The van der Waals surface area contributed by atoms with Crippen molar-refractivity contribution >= 4 is 17.5 Å². The Labute approximate surface area is 201 Å². The first-order valence-electron chi connectivity index (χ1n) is 11.7. The van der Waals surface area contributed by atoms with Gasteiger partial charge in [0.25, 0.3) is 11.8 Å². The van der Waals surface area contributed by atoms with Crippen LogP contribution in [0.4, 0.5) is 5.69 Å². The third-order valence-electron chi connectivity index (χ3n) is 5.32. The van der Waals surface area contributed by atoms with Crippen LogP contribution >= 0.6 is 0 Å². The average molecular weight is 460 g/mol. The number of rotatable bonds is 11. The predicted molar refractivity (Wildman–Crippen MR) is 136 cm³/mol. The van der Waals surface area contributed by atoms with Gasteiger partial charge in [-0.2, -0.15) is 0 Å². The summed E-state index contributed by atoms with van der Waals surface area (Å²) in [5.41, 5.74) is 2.81. The molecule has 0 radical (unpaired) electrons. The molecule has 0 saturated carbocycles. The fourth-order valence-electron chi connectivity index (χ4n) is 3.48. The molecule has 3 aromatic rings. The zero-order valence-corrected chi connectivity index (χ0v) is 20.2. The van der Waals surface area contributed by atoms with Gasteiger partial charge in [-0.3, -0.25) is 9.59 Å². The second-order valence-corrected chi connectivity index (χ2v) is 8.45. The lowest BCUT2D eigenvalue weighted by Gasteiger charge is -2.13. The summed E-state index contributed by atoms with van der Waals surface area (Å²) in [7, 11) is 4.06. The van der Waals surface area contributed by atoms with Crippen LogP contribution in [0.25, 0.3) is 11.4 Å². The summed E-state index contributed by atoms with van der Waals surface area (Å²) in [6, 6.07) is 18.4. The normalized spacial score (nSPS) is 10.8. The van der Waals surface area contributed by atoms with Gasteiger partial charge in [0.2, 0.25) is 0 Å². The van der Waals surface area contributed by atoms with E-state index in [-0.39, 0.29) is 17.5 Å². The molecule has 0 spiro atoms. The quantitative estimate of drug-likeness (QED) is 0.415. The van der Waals surface area contributed by atoms with Gasteiger partial charge in [-0.1, -0.05) is 55.8 Å². The van der Waals surface area contributed by atoms with E-state index >= 15 is 0 Å². The van der Waals surface area contributed by atoms with E-state index in [2.05, 4.69) is 27.4 Å². The highest BCUT2D eigenvalue weighted by molar-refractivity contribution is 6.08. The highest BCUT2D eigenvalue weighted by Crippen LogP contribution is 2.19. The summed E-state index contributed by atoms with van der Waals surface area (Å²) in [6.45, 7) is 3.59. The molecule has 0 unspecified atom stereocenters. The molecule has 0 atom stereocenters. The van der Waals surface area contributed by atoms with Crippen LogP contribution in [0.2, 0.25) is 0 Å². The number of unbranched alkanes of at least 4 members (excludes halogenated alkanes) is 1. The molecule has 0 saturated heterocycles. The van der Waals surface area contributed by atoms with Gasteiger partial charge in [-0.25, -0.2) is 9.97 Å². The van der Waals surface area contributed by atoms with Crippen molar-refractivity contribution in [3.8, 4) is 11.4 Å². The number of nitrogens with one attached hydrogen (secondary N) is 2. The zero-order chi connectivity index (χ0) is 24.3. The van der Waals surface area contributed by atoms with Gasteiger partial charge in [-0.05, 0) is 58.1 Å². The standard InChI is InChI=1S/C27H33N5O2/c1-4-5-17-28-26(33)22-15-9-10-16-23(22)31-27(34)24-19-21(14-11-18-32(2)3)29-25(30-24)20-12-7-6-8-13-20/h6-10,12-13,15-16,19H,4-5,11,14,17-18H2,1-3H3,(H,28,33)(H,31,34). The Morgan fingerprint density at radius 2 is 1.65 bits per heavy atom. The lowest BCUT2D eigenvalue weighted by atomic mass is 10.1. The first kappa shape index (κ1) is 25.1. The second-order valence-electron chi connectivity index (χ2n) is 8.45. The molecule has 0 aliphatic heterocycles. The lowest BCUT2D eigenvalue weighted by molar-refractivity contribution is 0.0954. The van der Waals surface area contributed by atoms with Crippen molar-refractivity contribution in [2.24, 2.45) is 0 Å². The maximum atomic E-state index is 13.2. The third-order valence-corrected chi connectivity index (χ3v) is 5.32.